The Balaban J connectivity index is 2.35. The summed E-state index contributed by atoms with van der Waals surface area (Å²) in [5, 5.41) is 12.9. The summed E-state index contributed by atoms with van der Waals surface area (Å²) >= 11 is 0. The van der Waals surface area contributed by atoms with Crippen LogP contribution >= 0.6 is 0 Å². The largest absolute Gasteiger partial charge is 0.508 e. The molecule has 2 N–H and O–H groups in total. The minimum Gasteiger partial charge on any atom is -0.508 e. The molecule has 0 saturated carbocycles. The molecule has 0 aromatic heterocycles. The average molecular weight is 263 g/mol. The zero-order valence-corrected chi connectivity index (χ0v) is 12.5. The predicted octanol–water partition coefficient (Wildman–Crippen LogP) is 4.62. The lowest BCUT2D eigenvalue weighted by Crippen LogP contribution is -2.28. The molecule has 1 rings (SSSR count). The van der Waals surface area contributed by atoms with Crippen molar-refractivity contribution in [3.63, 3.8) is 0 Å². The fourth-order valence-electron chi connectivity index (χ4n) is 2.32. The monoisotopic (exact) mass is 263 g/mol. The van der Waals surface area contributed by atoms with E-state index in [1.165, 1.54) is 50.5 Å². The molecule has 0 aliphatic heterocycles. The molecule has 1 atom stereocenters. The summed E-state index contributed by atoms with van der Waals surface area (Å²) in [5.41, 5.74) is 1.25. The molecule has 0 heterocycles. The van der Waals surface area contributed by atoms with Gasteiger partial charge in [0, 0.05) is 12.6 Å². The Labute approximate surface area is 118 Å². The minimum atomic E-state index is 0.342. The number of nitrogens with one attached hydrogen (secondary N) is 1. The number of unbranched alkanes of at least 4 members (excludes halogenated alkanes) is 3. The maximum atomic E-state index is 9.27. The standard InChI is InChI=1S/C17H29NO/c1-3-5-7-9-16(8-6-4-2)18-14-15-10-12-17(19)13-11-15/h10-13,16,18-19H,3-9,14H2,1-2H3. The third kappa shape index (κ3) is 7.22. The van der Waals surface area contributed by atoms with Crippen molar-refractivity contribution >= 4 is 0 Å². The van der Waals surface area contributed by atoms with Crippen LogP contribution in [0.2, 0.25) is 0 Å². The van der Waals surface area contributed by atoms with Gasteiger partial charge in [0.2, 0.25) is 0 Å². The smallest absolute Gasteiger partial charge is 0.115 e. The van der Waals surface area contributed by atoms with Crippen LogP contribution in [0.5, 0.6) is 5.75 Å². The van der Waals surface area contributed by atoms with E-state index in [9.17, 15) is 5.11 Å². The van der Waals surface area contributed by atoms with E-state index in [0.29, 0.717) is 11.8 Å². The van der Waals surface area contributed by atoms with Gasteiger partial charge in [0.15, 0.2) is 0 Å². The third-order valence-electron chi connectivity index (χ3n) is 3.59. The third-order valence-corrected chi connectivity index (χ3v) is 3.59. The van der Waals surface area contributed by atoms with Crippen LogP contribution in [0.3, 0.4) is 0 Å². The fraction of sp³-hybridized carbons (Fsp3) is 0.647. The summed E-state index contributed by atoms with van der Waals surface area (Å²) in [6, 6.07) is 8.14. The van der Waals surface area contributed by atoms with Crippen molar-refractivity contribution in [2.45, 2.75) is 71.4 Å². The van der Waals surface area contributed by atoms with Crippen LogP contribution in [0, 0.1) is 0 Å². The summed E-state index contributed by atoms with van der Waals surface area (Å²) in [6.07, 6.45) is 9.09. The first kappa shape index (κ1) is 16.0. The van der Waals surface area contributed by atoms with Gasteiger partial charge in [-0.2, -0.15) is 0 Å². The second-order valence-corrected chi connectivity index (χ2v) is 5.38. The highest BCUT2D eigenvalue weighted by Gasteiger charge is 2.07. The van der Waals surface area contributed by atoms with Crippen molar-refractivity contribution < 1.29 is 5.11 Å². The molecule has 0 amide bonds. The summed E-state index contributed by atoms with van der Waals surface area (Å²) in [5.74, 6) is 0.342. The van der Waals surface area contributed by atoms with Crippen molar-refractivity contribution in [2.24, 2.45) is 0 Å². The Hall–Kier alpha value is -1.02. The van der Waals surface area contributed by atoms with E-state index < -0.39 is 0 Å². The van der Waals surface area contributed by atoms with E-state index >= 15 is 0 Å². The molecule has 1 aromatic rings. The number of hydrogen-bond donors (Lipinski definition) is 2. The quantitative estimate of drug-likeness (QED) is 0.604. The van der Waals surface area contributed by atoms with E-state index in [0.717, 1.165) is 6.54 Å². The van der Waals surface area contributed by atoms with Gasteiger partial charge in [-0.05, 0) is 30.5 Å². The highest BCUT2D eigenvalue weighted by Crippen LogP contribution is 2.13. The number of phenols is 1. The van der Waals surface area contributed by atoms with E-state index in [2.05, 4.69) is 19.2 Å². The Morgan fingerprint density at radius 3 is 2.21 bits per heavy atom. The number of hydrogen-bond acceptors (Lipinski definition) is 2. The molecule has 0 radical (unpaired) electrons. The molecule has 1 unspecified atom stereocenters. The highest BCUT2D eigenvalue weighted by atomic mass is 16.3. The van der Waals surface area contributed by atoms with Gasteiger partial charge in [0.25, 0.3) is 0 Å². The molecule has 1 aromatic carbocycles. The molecular weight excluding hydrogens is 234 g/mol. The van der Waals surface area contributed by atoms with Gasteiger partial charge in [-0.3, -0.25) is 0 Å². The van der Waals surface area contributed by atoms with Crippen LogP contribution < -0.4 is 5.32 Å². The Morgan fingerprint density at radius 1 is 0.947 bits per heavy atom. The van der Waals surface area contributed by atoms with Crippen LogP contribution in [0.15, 0.2) is 24.3 Å². The molecule has 2 nitrogen and oxygen atoms in total. The molecule has 0 spiro atoms. The molecule has 0 fully saturated rings. The van der Waals surface area contributed by atoms with Gasteiger partial charge >= 0.3 is 0 Å². The van der Waals surface area contributed by atoms with Crippen molar-refractivity contribution in [1.29, 1.82) is 0 Å². The van der Waals surface area contributed by atoms with Gasteiger partial charge in [0.05, 0.1) is 0 Å². The first-order valence-electron chi connectivity index (χ1n) is 7.77. The van der Waals surface area contributed by atoms with Crippen LogP contribution in [0.4, 0.5) is 0 Å². The van der Waals surface area contributed by atoms with Gasteiger partial charge in [-0.1, -0.05) is 58.1 Å². The van der Waals surface area contributed by atoms with Crippen LogP contribution in [-0.2, 0) is 6.54 Å². The topological polar surface area (TPSA) is 32.3 Å². The van der Waals surface area contributed by atoms with E-state index in [1.54, 1.807) is 12.1 Å². The lowest BCUT2D eigenvalue weighted by atomic mass is 10.0. The minimum absolute atomic E-state index is 0.342. The average Bonchev–Trinajstić information content (AvgIpc) is 2.43. The molecular formula is C17H29NO. The zero-order chi connectivity index (χ0) is 13.9. The summed E-state index contributed by atoms with van der Waals surface area (Å²) in [6.45, 7) is 5.41. The Morgan fingerprint density at radius 2 is 1.58 bits per heavy atom. The van der Waals surface area contributed by atoms with Crippen molar-refractivity contribution in [3.05, 3.63) is 29.8 Å². The van der Waals surface area contributed by atoms with Gasteiger partial charge in [-0.15, -0.1) is 0 Å². The molecule has 2 heteroatoms. The molecule has 0 aliphatic carbocycles. The lowest BCUT2D eigenvalue weighted by Gasteiger charge is -2.18. The fourth-order valence-corrected chi connectivity index (χ4v) is 2.32. The second-order valence-electron chi connectivity index (χ2n) is 5.38. The van der Waals surface area contributed by atoms with Crippen molar-refractivity contribution in [1.82, 2.24) is 5.32 Å². The van der Waals surface area contributed by atoms with Crippen LogP contribution in [0.25, 0.3) is 0 Å². The predicted molar refractivity (Wildman–Crippen MR) is 82.4 cm³/mol. The SMILES string of the molecule is CCCCCC(CCCC)NCc1ccc(O)cc1. The van der Waals surface area contributed by atoms with Crippen molar-refractivity contribution in [3.8, 4) is 5.75 Å². The summed E-state index contributed by atoms with van der Waals surface area (Å²) in [4.78, 5) is 0. The Kier molecular flexibility index (Phi) is 8.31. The maximum Gasteiger partial charge on any atom is 0.115 e. The van der Waals surface area contributed by atoms with Gasteiger partial charge in [0.1, 0.15) is 5.75 Å². The first-order valence-corrected chi connectivity index (χ1v) is 7.77. The highest BCUT2D eigenvalue weighted by molar-refractivity contribution is 5.25. The molecule has 0 bridgehead atoms. The maximum absolute atomic E-state index is 9.27. The normalized spacial score (nSPS) is 12.5. The Bertz CT molecular complexity index is 321. The zero-order valence-electron chi connectivity index (χ0n) is 12.5. The van der Waals surface area contributed by atoms with Crippen LogP contribution in [-0.4, -0.2) is 11.1 Å². The number of benzene rings is 1. The van der Waals surface area contributed by atoms with E-state index in [1.807, 2.05) is 12.1 Å². The van der Waals surface area contributed by atoms with E-state index in [-0.39, 0.29) is 0 Å². The van der Waals surface area contributed by atoms with Crippen LogP contribution in [0.1, 0.15) is 64.4 Å². The molecule has 108 valence electrons. The first-order chi connectivity index (χ1) is 9.26. The van der Waals surface area contributed by atoms with E-state index in [4.69, 9.17) is 0 Å². The lowest BCUT2D eigenvalue weighted by molar-refractivity contribution is 0.421. The number of phenolic OH excluding ortho intramolecular Hbond substituents is 1. The molecule has 19 heavy (non-hydrogen) atoms. The molecule has 0 saturated heterocycles. The van der Waals surface area contributed by atoms with Gasteiger partial charge < -0.3 is 10.4 Å². The number of rotatable bonds is 10. The second kappa shape index (κ2) is 9.85. The summed E-state index contributed by atoms with van der Waals surface area (Å²) in [7, 11) is 0. The van der Waals surface area contributed by atoms with Gasteiger partial charge in [-0.25, -0.2) is 0 Å². The summed E-state index contributed by atoms with van der Waals surface area (Å²) < 4.78 is 0. The number of aromatic hydroxyl groups is 1. The molecule has 0 aliphatic rings. The van der Waals surface area contributed by atoms with Crippen molar-refractivity contribution in [2.75, 3.05) is 0 Å².